The van der Waals surface area contributed by atoms with Crippen molar-refractivity contribution >= 4 is 23.7 Å². The van der Waals surface area contributed by atoms with Gasteiger partial charge in [0.25, 0.3) is 5.91 Å². The van der Waals surface area contributed by atoms with E-state index >= 15 is 0 Å². The van der Waals surface area contributed by atoms with Gasteiger partial charge in [-0.2, -0.15) is 5.10 Å². The molecule has 0 atom stereocenters. The van der Waals surface area contributed by atoms with Crippen molar-refractivity contribution in [1.29, 1.82) is 0 Å². The van der Waals surface area contributed by atoms with E-state index in [1.165, 1.54) is 6.21 Å². The van der Waals surface area contributed by atoms with Crippen LogP contribution in [0.2, 0.25) is 5.02 Å². The van der Waals surface area contributed by atoms with Gasteiger partial charge in [0, 0.05) is 5.02 Å². The molecule has 0 aromatic heterocycles. The van der Waals surface area contributed by atoms with Crippen LogP contribution in [0.1, 0.15) is 22.3 Å². The van der Waals surface area contributed by atoms with E-state index in [0.29, 0.717) is 5.02 Å². The van der Waals surface area contributed by atoms with Gasteiger partial charge in [-0.1, -0.05) is 35.9 Å². The Labute approximate surface area is 141 Å². The lowest BCUT2D eigenvalue weighted by atomic mass is 10.1. The highest BCUT2D eigenvalue weighted by Crippen LogP contribution is 2.25. The van der Waals surface area contributed by atoms with Crippen LogP contribution in [-0.4, -0.2) is 18.7 Å². The third kappa shape index (κ3) is 4.83. The van der Waals surface area contributed by atoms with Crippen LogP contribution in [0.3, 0.4) is 0 Å². The number of aryl methyl sites for hydroxylation is 2. The fourth-order valence-corrected chi connectivity index (χ4v) is 2.28. The molecular formula is C18H19ClN2O2. The minimum atomic E-state index is -0.316. The monoisotopic (exact) mass is 330 g/mol. The van der Waals surface area contributed by atoms with Crippen molar-refractivity contribution in [2.24, 2.45) is 5.10 Å². The first-order valence-electron chi connectivity index (χ1n) is 7.24. The Balaban J connectivity index is 1.90. The number of carbonyl (C=O) groups excluding carboxylic acids is 1. The van der Waals surface area contributed by atoms with Crippen molar-refractivity contribution in [3.8, 4) is 5.75 Å². The summed E-state index contributed by atoms with van der Waals surface area (Å²) in [5.41, 5.74) is 6.42. The van der Waals surface area contributed by atoms with Gasteiger partial charge >= 0.3 is 0 Å². The van der Waals surface area contributed by atoms with Crippen LogP contribution in [-0.2, 0) is 4.79 Å². The number of ether oxygens (including phenoxy) is 1. The first-order valence-corrected chi connectivity index (χ1v) is 7.62. The fourth-order valence-electron chi connectivity index (χ4n) is 2.08. The zero-order valence-electron chi connectivity index (χ0n) is 13.4. The quantitative estimate of drug-likeness (QED) is 0.669. The van der Waals surface area contributed by atoms with Gasteiger partial charge in [0.15, 0.2) is 6.61 Å². The lowest BCUT2D eigenvalue weighted by molar-refractivity contribution is -0.123. The minimum absolute atomic E-state index is 0.0853. The molecule has 0 aliphatic rings. The number of hydrazone groups is 1. The summed E-state index contributed by atoms with van der Waals surface area (Å²) < 4.78 is 5.63. The molecule has 0 bridgehead atoms. The number of halogens is 1. The molecule has 0 radical (unpaired) electrons. The summed E-state index contributed by atoms with van der Waals surface area (Å²) in [6, 6.07) is 11.2. The molecule has 0 aliphatic heterocycles. The van der Waals surface area contributed by atoms with Crippen LogP contribution in [0.5, 0.6) is 5.75 Å². The minimum Gasteiger partial charge on any atom is -0.483 e. The van der Waals surface area contributed by atoms with E-state index in [-0.39, 0.29) is 12.5 Å². The summed E-state index contributed by atoms with van der Waals surface area (Å²) >= 11 is 5.88. The molecule has 0 aliphatic carbocycles. The van der Waals surface area contributed by atoms with E-state index in [1.54, 1.807) is 12.1 Å². The Kier molecular flexibility index (Phi) is 5.77. The second-order valence-corrected chi connectivity index (χ2v) is 5.73. The van der Waals surface area contributed by atoms with Crippen molar-refractivity contribution in [3.05, 3.63) is 63.7 Å². The average Bonchev–Trinajstić information content (AvgIpc) is 2.51. The summed E-state index contributed by atoms with van der Waals surface area (Å²) in [5.74, 6) is 0.433. The summed E-state index contributed by atoms with van der Waals surface area (Å²) in [6.45, 7) is 5.86. The van der Waals surface area contributed by atoms with Gasteiger partial charge in [0.1, 0.15) is 5.75 Å². The standard InChI is InChI=1S/C18H19ClN2O2/c1-12-7-8-13(2)18(14(12)3)23-11-17(22)21-20-10-15-5-4-6-16(19)9-15/h4-10H,11H2,1-3H3,(H,21,22). The molecule has 5 heteroatoms. The van der Waals surface area contributed by atoms with Crippen LogP contribution < -0.4 is 10.2 Å². The van der Waals surface area contributed by atoms with Crippen molar-refractivity contribution in [2.45, 2.75) is 20.8 Å². The molecule has 23 heavy (non-hydrogen) atoms. The summed E-state index contributed by atoms with van der Waals surface area (Å²) in [4.78, 5) is 11.8. The lowest BCUT2D eigenvalue weighted by Crippen LogP contribution is -2.25. The Bertz CT molecular complexity index is 742. The first kappa shape index (κ1) is 17.0. The molecule has 4 nitrogen and oxygen atoms in total. The molecule has 1 N–H and O–H groups in total. The second-order valence-electron chi connectivity index (χ2n) is 5.29. The van der Waals surface area contributed by atoms with Gasteiger partial charge in [-0.25, -0.2) is 5.43 Å². The number of rotatable bonds is 5. The molecule has 0 saturated heterocycles. The maximum absolute atomic E-state index is 11.8. The van der Waals surface area contributed by atoms with Gasteiger partial charge in [0.05, 0.1) is 6.21 Å². The second kappa shape index (κ2) is 7.79. The summed E-state index contributed by atoms with van der Waals surface area (Å²) in [6.07, 6.45) is 1.53. The van der Waals surface area contributed by atoms with E-state index in [4.69, 9.17) is 16.3 Å². The number of hydrogen-bond donors (Lipinski definition) is 1. The van der Waals surface area contributed by atoms with Crippen molar-refractivity contribution < 1.29 is 9.53 Å². The number of nitrogens with one attached hydrogen (secondary N) is 1. The summed E-state index contributed by atoms with van der Waals surface area (Å²) in [5, 5.41) is 4.51. The Morgan fingerprint density at radius 1 is 1.22 bits per heavy atom. The molecule has 0 saturated carbocycles. The molecule has 0 spiro atoms. The van der Waals surface area contributed by atoms with E-state index in [0.717, 1.165) is 28.0 Å². The highest BCUT2D eigenvalue weighted by molar-refractivity contribution is 6.30. The Hall–Kier alpha value is -2.33. The van der Waals surface area contributed by atoms with Crippen LogP contribution in [0.4, 0.5) is 0 Å². The SMILES string of the molecule is Cc1ccc(C)c(OCC(=O)NN=Cc2cccc(Cl)c2)c1C. The van der Waals surface area contributed by atoms with Crippen molar-refractivity contribution in [2.75, 3.05) is 6.61 Å². The molecular weight excluding hydrogens is 312 g/mol. The van der Waals surface area contributed by atoms with Gasteiger partial charge in [-0.05, 0) is 55.2 Å². The number of benzene rings is 2. The number of hydrogen-bond acceptors (Lipinski definition) is 3. The van der Waals surface area contributed by atoms with Gasteiger partial charge in [-0.3, -0.25) is 4.79 Å². The molecule has 1 amide bonds. The van der Waals surface area contributed by atoms with Gasteiger partial charge < -0.3 is 4.74 Å². The predicted molar refractivity (Wildman–Crippen MR) is 93.3 cm³/mol. The van der Waals surface area contributed by atoms with Crippen LogP contribution in [0.15, 0.2) is 41.5 Å². The van der Waals surface area contributed by atoms with Gasteiger partial charge in [0.2, 0.25) is 0 Å². The van der Waals surface area contributed by atoms with Crippen LogP contribution in [0, 0.1) is 20.8 Å². The van der Waals surface area contributed by atoms with E-state index in [1.807, 2.05) is 45.0 Å². The molecule has 0 unspecified atom stereocenters. The topological polar surface area (TPSA) is 50.7 Å². The van der Waals surface area contributed by atoms with Crippen molar-refractivity contribution in [1.82, 2.24) is 5.43 Å². The third-order valence-electron chi connectivity index (χ3n) is 3.47. The smallest absolute Gasteiger partial charge is 0.277 e. The third-order valence-corrected chi connectivity index (χ3v) is 3.71. The maximum atomic E-state index is 11.8. The van der Waals surface area contributed by atoms with E-state index in [2.05, 4.69) is 10.5 Å². The summed E-state index contributed by atoms with van der Waals surface area (Å²) in [7, 11) is 0. The largest absolute Gasteiger partial charge is 0.483 e. The number of carbonyl (C=O) groups is 1. The molecule has 2 aromatic rings. The van der Waals surface area contributed by atoms with Crippen LogP contribution in [0.25, 0.3) is 0 Å². The molecule has 2 aromatic carbocycles. The number of nitrogens with zero attached hydrogens (tertiary/aromatic N) is 1. The normalized spacial score (nSPS) is 10.8. The Morgan fingerprint density at radius 3 is 2.70 bits per heavy atom. The average molecular weight is 331 g/mol. The fraction of sp³-hybridized carbons (Fsp3) is 0.222. The lowest BCUT2D eigenvalue weighted by Gasteiger charge is -2.13. The molecule has 0 heterocycles. The molecule has 2 rings (SSSR count). The van der Waals surface area contributed by atoms with E-state index in [9.17, 15) is 4.79 Å². The zero-order chi connectivity index (χ0) is 16.8. The predicted octanol–water partition coefficient (Wildman–Crippen LogP) is 3.79. The van der Waals surface area contributed by atoms with Gasteiger partial charge in [-0.15, -0.1) is 0 Å². The highest BCUT2D eigenvalue weighted by Gasteiger charge is 2.08. The first-order chi connectivity index (χ1) is 11.0. The van der Waals surface area contributed by atoms with Crippen LogP contribution >= 0.6 is 11.6 Å². The molecule has 0 fully saturated rings. The van der Waals surface area contributed by atoms with E-state index < -0.39 is 0 Å². The zero-order valence-corrected chi connectivity index (χ0v) is 14.1. The van der Waals surface area contributed by atoms with Crippen molar-refractivity contribution in [3.63, 3.8) is 0 Å². The Morgan fingerprint density at radius 2 is 1.96 bits per heavy atom. The molecule has 120 valence electrons. The maximum Gasteiger partial charge on any atom is 0.277 e. The number of amides is 1. The highest BCUT2D eigenvalue weighted by atomic mass is 35.5.